The number of azo groups is 1. The molecule has 0 aliphatic heterocycles. The Morgan fingerprint density at radius 1 is 0.976 bits per heavy atom. The van der Waals surface area contributed by atoms with Gasteiger partial charge in [-0.2, -0.15) is 27.4 Å². The molecular weight excluding hydrogens is 632 g/mol. The molecule has 0 aliphatic rings. The Hall–Kier alpha value is -1.39. The first-order valence-corrected chi connectivity index (χ1v) is 11.7. The number of aromatic nitrogens is 2. The zero-order valence-corrected chi connectivity index (χ0v) is 26.6. The number of aromatic hydroxyl groups is 1. The number of phenolic OH excluding ortho intramolecular Hbond substituents is 1. The van der Waals surface area contributed by atoms with Crippen molar-refractivity contribution in [3.8, 4) is 5.75 Å². The first-order valence-electron chi connectivity index (χ1n) is 9.83. The van der Waals surface area contributed by atoms with E-state index in [1.54, 1.807) is 12.1 Å². The molecule has 206 valence electrons. The minimum Gasteiger partial charge on any atom is -0.691 e. The van der Waals surface area contributed by atoms with Crippen molar-refractivity contribution in [2.45, 2.75) is 17.2 Å². The van der Waals surface area contributed by atoms with Gasteiger partial charge in [0.05, 0.1) is 40.1 Å². The summed E-state index contributed by atoms with van der Waals surface area (Å²) in [4.78, 5) is 6.89. The van der Waals surface area contributed by atoms with Crippen LogP contribution in [0.2, 0.25) is 5.02 Å². The zero-order valence-electron chi connectivity index (χ0n) is 20.3. The first kappa shape index (κ1) is 37.6. The van der Waals surface area contributed by atoms with Crippen LogP contribution in [-0.4, -0.2) is 15.1 Å². The summed E-state index contributed by atoms with van der Waals surface area (Å²) >= 11 is 6.89. The second kappa shape index (κ2) is 17.7. The van der Waals surface area contributed by atoms with Crippen molar-refractivity contribution in [2.24, 2.45) is 10.2 Å². The van der Waals surface area contributed by atoms with Gasteiger partial charge in [0.2, 0.25) is 5.95 Å². The van der Waals surface area contributed by atoms with Crippen LogP contribution >= 0.6 is 35.7 Å². The molecule has 0 bridgehead atoms. The van der Waals surface area contributed by atoms with Crippen LogP contribution in [-0.2, 0) is 18.7 Å². The van der Waals surface area contributed by atoms with Gasteiger partial charge in [-0.3, -0.25) is 10.1 Å². The zero-order chi connectivity index (χ0) is 27.2. The molecule has 1 aromatic heterocycles. The molecule has 0 saturated heterocycles. The standard InChI is InChI=1S/C20H13ClF2N6O7S2.CH4.2Na/c21-16-18(22)26-20(23)27-19(16)25-9-2-4-14(38-36-34-32)12(6-9)28-29-17-11(24)3-1-8-5-10(37-35-33-31)7-13(30)15(8)17;;;/h1-7,30-32H,24H2,(H,25,26,27);1H4;;/q;;2*+1/p-2. The van der Waals surface area contributed by atoms with Crippen molar-refractivity contribution in [2.75, 3.05) is 11.1 Å². The van der Waals surface area contributed by atoms with Crippen molar-refractivity contribution in [1.29, 1.82) is 0 Å². The van der Waals surface area contributed by atoms with Crippen LogP contribution in [0.3, 0.4) is 0 Å². The third-order valence-corrected chi connectivity index (χ3v) is 6.18. The first-order chi connectivity index (χ1) is 18.3. The molecule has 3 aromatic carbocycles. The molecule has 4 N–H and O–H groups in total. The Morgan fingerprint density at radius 3 is 2.39 bits per heavy atom. The number of fused-ring (bicyclic) bond motifs is 1. The minimum absolute atomic E-state index is 0. The summed E-state index contributed by atoms with van der Waals surface area (Å²) in [7, 11) is 0. The molecule has 0 aliphatic carbocycles. The SMILES string of the molecule is C.Nc1ccc2cc(SOO[O-])cc(O)c2c1N=Nc1cc(Nc2nc(F)nc(F)c2Cl)ccc1SOO[O-].[Na+].[Na+]. The quantitative estimate of drug-likeness (QED) is 0.0281. The predicted molar refractivity (Wildman–Crippen MR) is 134 cm³/mol. The molecule has 0 spiro atoms. The predicted octanol–water partition coefficient (Wildman–Crippen LogP) is -0.886. The van der Waals surface area contributed by atoms with E-state index in [0.717, 1.165) is 0 Å². The number of anilines is 3. The average molecular weight is 647 g/mol. The molecule has 13 nitrogen and oxygen atoms in total. The van der Waals surface area contributed by atoms with Crippen LogP contribution in [0.4, 0.5) is 37.3 Å². The van der Waals surface area contributed by atoms with Gasteiger partial charge in [0, 0.05) is 10.6 Å². The van der Waals surface area contributed by atoms with Gasteiger partial charge >= 0.3 is 65.2 Å². The largest absolute Gasteiger partial charge is 1.00 e. The van der Waals surface area contributed by atoms with E-state index in [1.165, 1.54) is 30.3 Å². The molecule has 4 rings (SSSR count). The van der Waals surface area contributed by atoms with Crippen molar-refractivity contribution >= 4 is 75.0 Å². The molecule has 0 atom stereocenters. The smallest absolute Gasteiger partial charge is 0.691 e. The van der Waals surface area contributed by atoms with Crippen LogP contribution in [0.1, 0.15) is 7.43 Å². The molecule has 0 unspecified atom stereocenters. The molecule has 1 heterocycles. The number of phenols is 1. The van der Waals surface area contributed by atoms with E-state index in [1.807, 2.05) is 0 Å². The summed E-state index contributed by atoms with van der Waals surface area (Å²) in [6, 6.07) is 10.2. The summed E-state index contributed by atoms with van der Waals surface area (Å²) in [6.45, 7) is 0. The topological polar surface area (TPSA) is 192 Å². The molecule has 0 fully saturated rings. The maximum atomic E-state index is 13.7. The molecule has 0 amide bonds. The van der Waals surface area contributed by atoms with Gasteiger partial charge in [-0.05, 0) is 41.8 Å². The van der Waals surface area contributed by atoms with Crippen molar-refractivity contribution in [3.05, 3.63) is 59.5 Å². The molecule has 4 aromatic rings. The fraction of sp³-hybridized carbons (Fsp3) is 0.0476. The van der Waals surface area contributed by atoms with E-state index in [2.05, 4.69) is 44.3 Å². The van der Waals surface area contributed by atoms with E-state index >= 15 is 0 Å². The van der Waals surface area contributed by atoms with Gasteiger partial charge in [-0.25, -0.2) is 0 Å². The van der Waals surface area contributed by atoms with Gasteiger partial charge in [0.15, 0.2) is 5.82 Å². The third kappa shape index (κ3) is 9.55. The van der Waals surface area contributed by atoms with Crippen LogP contribution in [0.25, 0.3) is 10.8 Å². The third-order valence-electron chi connectivity index (χ3n) is 4.65. The molecule has 20 heteroatoms. The molecule has 0 saturated carbocycles. The number of benzene rings is 3. The van der Waals surface area contributed by atoms with Crippen LogP contribution in [0, 0.1) is 12.0 Å². The van der Waals surface area contributed by atoms with Crippen LogP contribution in [0.15, 0.2) is 62.5 Å². The van der Waals surface area contributed by atoms with Crippen molar-refractivity contribution < 1.29 is 102 Å². The summed E-state index contributed by atoms with van der Waals surface area (Å²) in [6.07, 6.45) is -1.35. The second-order valence-corrected chi connectivity index (χ2v) is 8.83. The van der Waals surface area contributed by atoms with Crippen LogP contribution < -0.4 is 80.7 Å². The fourth-order valence-corrected chi connectivity index (χ4v) is 4.12. The summed E-state index contributed by atoms with van der Waals surface area (Å²) < 4.78 is 35.8. The number of hydrogen-bond acceptors (Lipinski definition) is 15. The summed E-state index contributed by atoms with van der Waals surface area (Å²) in [5.41, 5.74) is 6.59. The van der Waals surface area contributed by atoms with E-state index in [-0.39, 0.29) is 111 Å². The number of nitrogens with zero attached hydrogens (tertiary/aromatic N) is 4. The normalized spacial score (nSPS) is 10.7. The number of hydrogen-bond donors (Lipinski definition) is 3. The number of nitrogen functional groups attached to an aromatic ring is 1. The average Bonchev–Trinajstić information content (AvgIpc) is 2.89. The Balaban J connectivity index is 0.00000280. The number of halogens is 3. The maximum Gasteiger partial charge on any atom is 1.00 e. The molecule has 0 radical (unpaired) electrons. The van der Waals surface area contributed by atoms with E-state index in [0.29, 0.717) is 34.4 Å². The van der Waals surface area contributed by atoms with E-state index in [4.69, 9.17) is 17.3 Å². The number of nitrogens with one attached hydrogen (secondary N) is 1. The van der Waals surface area contributed by atoms with Crippen LogP contribution in [0.5, 0.6) is 5.75 Å². The monoisotopic (exact) mass is 646 g/mol. The maximum absolute atomic E-state index is 13.7. The fourth-order valence-electron chi connectivity index (χ4n) is 3.14. The number of nitrogens with two attached hydrogens (primary N) is 1. The molecular formula is C21H15ClF2N6Na2O7S2. The van der Waals surface area contributed by atoms with Crippen molar-refractivity contribution in [1.82, 2.24) is 9.97 Å². The Labute approximate surface area is 288 Å². The van der Waals surface area contributed by atoms with E-state index in [9.17, 15) is 24.4 Å². The Bertz CT molecular complexity index is 1530. The van der Waals surface area contributed by atoms with Crippen molar-refractivity contribution in [3.63, 3.8) is 0 Å². The molecule has 41 heavy (non-hydrogen) atoms. The second-order valence-electron chi connectivity index (χ2n) is 6.94. The van der Waals surface area contributed by atoms with Gasteiger partial charge in [0.1, 0.15) is 22.1 Å². The summed E-state index contributed by atoms with van der Waals surface area (Å²) in [5.74, 6) is -1.88. The van der Waals surface area contributed by atoms with Gasteiger partial charge < -0.3 is 26.7 Å². The van der Waals surface area contributed by atoms with Gasteiger partial charge in [-0.1, -0.05) is 25.1 Å². The number of rotatable bonds is 10. The summed E-state index contributed by atoms with van der Waals surface area (Å²) in [5, 5.41) is 48.8. The Morgan fingerprint density at radius 2 is 1.68 bits per heavy atom. The van der Waals surface area contributed by atoms with Gasteiger partial charge in [-0.15, -0.1) is 10.2 Å². The van der Waals surface area contributed by atoms with Gasteiger partial charge in [0.25, 0.3) is 0 Å². The van der Waals surface area contributed by atoms with E-state index < -0.39 is 17.0 Å². The Kier molecular flexibility index (Phi) is 16.2. The minimum atomic E-state index is -1.35.